The van der Waals surface area contributed by atoms with E-state index in [2.05, 4.69) is 9.97 Å². The summed E-state index contributed by atoms with van der Waals surface area (Å²) in [5.41, 5.74) is -0.281. The Kier molecular flexibility index (Phi) is 2.32. The van der Waals surface area contributed by atoms with Crippen LogP contribution in [0.3, 0.4) is 0 Å². The van der Waals surface area contributed by atoms with Crippen LogP contribution in [-0.2, 0) is 9.05 Å². The molecule has 0 unspecified atom stereocenters. The molecule has 9 heteroatoms. The number of nitrogens with one attached hydrogen (secondary N) is 1. The minimum absolute atomic E-state index is 0.0354. The van der Waals surface area contributed by atoms with Crippen molar-refractivity contribution in [3.05, 3.63) is 28.6 Å². The van der Waals surface area contributed by atoms with Crippen LogP contribution < -0.4 is 0 Å². The van der Waals surface area contributed by atoms with Crippen molar-refractivity contribution in [1.82, 2.24) is 9.97 Å². The van der Waals surface area contributed by atoms with Crippen LogP contribution in [0, 0.1) is 10.1 Å². The van der Waals surface area contributed by atoms with E-state index < -0.39 is 24.6 Å². The molecule has 1 N–H and O–H groups in total. The highest BCUT2D eigenvalue weighted by Crippen LogP contribution is 2.32. The number of benzene rings is 1. The van der Waals surface area contributed by atoms with E-state index in [1.165, 1.54) is 12.4 Å². The first-order valence-corrected chi connectivity index (χ1v) is 6.27. The highest BCUT2D eigenvalue weighted by atomic mass is 35.7. The number of imidazole rings is 1. The van der Waals surface area contributed by atoms with Gasteiger partial charge in [0.05, 0.1) is 16.8 Å². The maximum Gasteiger partial charge on any atom is 0.316 e. The predicted octanol–water partition coefficient (Wildman–Crippen LogP) is 1.40. The molecule has 0 spiro atoms. The Morgan fingerprint density at radius 3 is 2.69 bits per heavy atom. The standard InChI is InChI=1S/C7H4ClN3O4S/c8-16(14,15)5-2-1-4-6(10-3-9-4)7(5)11(12)13/h1-3H,(H,9,10). The van der Waals surface area contributed by atoms with Crippen LogP contribution >= 0.6 is 10.7 Å². The summed E-state index contributed by atoms with van der Waals surface area (Å²) in [6, 6.07) is 2.44. The van der Waals surface area contributed by atoms with E-state index in [9.17, 15) is 18.5 Å². The molecule has 0 aliphatic heterocycles. The van der Waals surface area contributed by atoms with Gasteiger partial charge >= 0.3 is 5.69 Å². The second-order valence-electron chi connectivity index (χ2n) is 2.91. The molecule has 1 heterocycles. The monoisotopic (exact) mass is 261 g/mol. The Hall–Kier alpha value is -1.67. The van der Waals surface area contributed by atoms with Gasteiger partial charge in [-0.1, -0.05) is 0 Å². The van der Waals surface area contributed by atoms with Crippen LogP contribution in [-0.4, -0.2) is 23.3 Å². The lowest BCUT2D eigenvalue weighted by Crippen LogP contribution is -1.99. The molecule has 1 aromatic heterocycles. The molecule has 0 aliphatic rings. The Labute approximate surface area is 93.6 Å². The SMILES string of the molecule is O=[N+]([O-])c1c(S(=O)(=O)Cl)ccc2[nH]cnc12. The topological polar surface area (TPSA) is 106 Å². The van der Waals surface area contributed by atoms with E-state index in [0.717, 1.165) is 6.07 Å². The summed E-state index contributed by atoms with van der Waals surface area (Å²) in [5.74, 6) is 0. The van der Waals surface area contributed by atoms with Gasteiger partial charge in [-0.05, 0) is 12.1 Å². The van der Waals surface area contributed by atoms with Crippen molar-refractivity contribution >= 4 is 36.5 Å². The number of nitro benzene ring substituents is 1. The zero-order valence-electron chi connectivity index (χ0n) is 7.55. The molecule has 0 bridgehead atoms. The first kappa shape index (κ1) is 10.8. The van der Waals surface area contributed by atoms with Gasteiger partial charge in [0.25, 0.3) is 9.05 Å². The molecule has 2 aromatic rings. The lowest BCUT2D eigenvalue weighted by Gasteiger charge is -1.99. The van der Waals surface area contributed by atoms with E-state index in [4.69, 9.17) is 10.7 Å². The van der Waals surface area contributed by atoms with Crippen molar-refractivity contribution < 1.29 is 13.3 Å². The largest absolute Gasteiger partial charge is 0.344 e. The number of rotatable bonds is 2. The normalized spacial score (nSPS) is 11.8. The number of halogens is 1. The summed E-state index contributed by atoms with van der Waals surface area (Å²) in [6.45, 7) is 0. The zero-order valence-corrected chi connectivity index (χ0v) is 9.12. The fourth-order valence-electron chi connectivity index (χ4n) is 1.35. The van der Waals surface area contributed by atoms with Gasteiger partial charge in [0, 0.05) is 10.7 Å². The fourth-order valence-corrected chi connectivity index (χ4v) is 2.35. The molecule has 16 heavy (non-hydrogen) atoms. The highest BCUT2D eigenvalue weighted by molar-refractivity contribution is 8.13. The number of hydrogen-bond acceptors (Lipinski definition) is 5. The molecule has 0 aliphatic carbocycles. The van der Waals surface area contributed by atoms with Crippen molar-refractivity contribution in [3.8, 4) is 0 Å². The lowest BCUT2D eigenvalue weighted by atomic mass is 10.3. The summed E-state index contributed by atoms with van der Waals surface area (Å²) >= 11 is 0. The molecule has 84 valence electrons. The Morgan fingerprint density at radius 2 is 2.12 bits per heavy atom. The number of fused-ring (bicyclic) bond motifs is 1. The molecule has 0 amide bonds. The number of aromatic amines is 1. The molecule has 7 nitrogen and oxygen atoms in total. The third-order valence-corrected chi connectivity index (χ3v) is 3.33. The van der Waals surface area contributed by atoms with E-state index in [1.54, 1.807) is 0 Å². The van der Waals surface area contributed by atoms with E-state index in [-0.39, 0.29) is 5.52 Å². The van der Waals surface area contributed by atoms with Crippen LogP contribution in [0.4, 0.5) is 5.69 Å². The van der Waals surface area contributed by atoms with Crippen molar-refractivity contribution in [2.24, 2.45) is 0 Å². The number of nitrogens with zero attached hydrogens (tertiary/aromatic N) is 2. The average Bonchev–Trinajstić information content (AvgIpc) is 2.61. The number of aromatic nitrogens is 2. The molecular weight excluding hydrogens is 258 g/mol. The van der Waals surface area contributed by atoms with Crippen molar-refractivity contribution in [2.75, 3.05) is 0 Å². The first-order valence-electron chi connectivity index (χ1n) is 3.96. The third kappa shape index (κ3) is 1.61. The van der Waals surface area contributed by atoms with Crippen molar-refractivity contribution in [3.63, 3.8) is 0 Å². The van der Waals surface area contributed by atoms with Gasteiger partial charge < -0.3 is 4.98 Å². The van der Waals surface area contributed by atoms with Crippen molar-refractivity contribution in [1.29, 1.82) is 0 Å². The predicted molar refractivity (Wildman–Crippen MR) is 55.8 cm³/mol. The minimum Gasteiger partial charge on any atom is -0.344 e. The second-order valence-corrected chi connectivity index (χ2v) is 5.44. The van der Waals surface area contributed by atoms with Gasteiger partial charge in [0.1, 0.15) is 0 Å². The number of nitro groups is 1. The van der Waals surface area contributed by atoms with Crippen LogP contribution in [0.5, 0.6) is 0 Å². The van der Waals surface area contributed by atoms with Crippen molar-refractivity contribution in [2.45, 2.75) is 4.90 Å². The maximum atomic E-state index is 11.1. The smallest absolute Gasteiger partial charge is 0.316 e. The summed E-state index contributed by atoms with van der Waals surface area (Å²) in [7, 11) is 0.934. The molecule has 1 aromatic carbocycles. The van der Waals surface area contributed by atoms with Gasteiger partial charge in [0.2, 0.25) is 0 Å². The van der Waals surface area contributed by atoms with Gasteiger partial charge in [-0.3, -0.25) is 10.1 Å². The van der Waals surface area contributed by atoms with Crippen LogP contribution in [0.2, 0.25) is 0 Å². The van der Waals surface area contributed by atoms with Crippen LogP contribution in [0.1, 0.15) is 0 Å². The number of hydrogen-bond donors (Lipinski definition) is 1. The molecule has 0 fully saturated rings. The summed E-state index contributed by atoms with van der Waals surface area (Å²) < 4.78 is 22.3. The van der Waals surface area contributed by atoms with Gasteiger partial charge in [-0.2, -0.15) is 0 Å². The zero-order chi connectivity index (χ0) is 11.9. The first-order chi connectivity index (χ1) is 7.41. The van der Waals surface area contributed by atoms with E-state index in [1.807, 2.05) is 0 Å². The van der Waals surface area contributed by atoms with Gasteiger partial charge in [0.15, 0.2) is 10.4 Å². The lowest BCUT2D eigenvalue weighted by molar-refractivity contribution is -0.386. The van der Waals surface area contributed by atoms with E-state index >= 15 is 0 Å². The van der Waals surface area contributed by atoms with Gasteiger partial charge in [-0.15, -0.1) is 0 Å². The van der Waals surface area contributed by atoms with Gasteiger partial charge in [-0.25, -0.2) is 13.4 Å². The summed E-state index contributed by atoms with van der Waals surface area (Å²) in [5, 5.41) is 10.8. The molecular formula is C7H4ClN3O4S. The highest BCUT2D eigenvalue weighted by Gasteiger charge is 2.28. The summed E-state index contributed by atoms with van der Waals surface area (Å²) in [6.07, 6.45) is 1.24. The summed E-state index contributed by atoms with van der Waals surface area (Å²) in [4.78, 5) is 15.8. The molecule has 0 atom stereocenters. The van der Waals surface area contributed by atoms with E-state index in [0.29, 0.717) is 5.52 Å². The van der Waals surface area contributed by atoms with Crippen LogP contribution in [0.15, 0.2) is 23.4 Å². The Bertz CT molecular complexity index is 678. The third-order valence-electron chi connectivity index (χ3n) is 1.97. The quantitative estimate of drug-likeness (QED) is 0.499. The van der Waals surface area contributed by atoms with Crippen LogP contribution in [0.25, 0.3) is 11.0 Å². The second kappa shape index (κ2) is 3.42. The molecule has 0 saturated carbocycles. The Balaban J connectivity index is 2.95. The number of H-pyrrole nitrogens is 1. The molecule has 2 rings (SSSR count). The maximum absolute atomic E-state index is 11.1. The molecule has 0 radical (unpaired) electrons. The minimum atomic E-state index is -4.17. The Morgan fingerprint density at radius 1 is 1.44 bits per heavy atom. The fraction of sp³-hybridized carbons (Fsp3) is 0. The molecule has 0 saturated heterocycles. The average molecular weight is 262 g/mol.